The molecule has 2 saturated heterocycles. The third-order valence-corrected chi connectivity index (χ3v) is 2.60. The Bertz CT molecular complexity index is 126. The largest absolute Gasteiger partial charge is 0.303 e. The fourth-order valence-corrected chi connectivity index (χ4v) is 1.96. The van der Waals surface area contributed by atoms with Crippen molar-refractivity contribution >= 4 is 0 Å². The molecular weight excluding hydrogens is 126 g/mol. The fraction of sp³-hybridized carbons (Fsp3) is 1.00. The number of fused-ring (bicyclic) bond motifs is 1. The highest BCUT2D eigenvalue weighted by molar-refractivity contribution is 4.94. The van der Waals surface area contributed by atoms with Gasteiger partial charge in [-0.15, -0.1) is 0 Å². The quantitative estimate of drug-likeness (QED) is 0.518. The van der Waals surface area contributed by atoms with E-state index in [0.29, 0.717) is 0 Å². The van der Waals surface area contributed by atoms with Crippen LogP contribution in [0.4, 0.5) is 0 Å². The van der Waals surface area contributed by atoms with E-state index in [0.717, 1.165) is 25.4 Å². The van der Waals surface area contributed by atoms with Gasteiger partial charge in [0.1, 0.15) is 0 Å². The SMILES string of the molecule is CCC1NCN2CNCC12. The summed E-state index contributed by atoms with van der Waals surface area (Å²) in [5, 5.41) is 6.87. The van der Waals surface area contributed by atoms with Gasteiger partial charge in [-0.25, -0.2) is 0 Å². The van der Waals surface area contributed by atoms with E-state index in [9.17, 15) is 0 Å². The Morgan fingerprint density at radius 1 is 1.50 bits per heavy atom. The molecule has 2 N–H and O–H groups in total. The van der Waals surface area contributed by atoms with Gasteiger partial charge in [-0.1, -0.05) is 6.92 Å². The summed E-state index contributed by atoms with van der Waals surface area (Å²) < 4.78 is 0. The predicted molar refractivity (Wildman–Crippen MR) is 40.6 cm³/mol. The maximum atomic E-state index is 3.49. The van der Waals surface area contributed by atoms with E-state index in [1.165, 1.54) is 13.0 Å². The second-order valence-corrected chi connectivity index (χ2v) is 3.15. The predicted octanol–water partition coefficient (Wildman–Crippen LogP) is -0.443. The molecule has 58 valence electrons. The third-order valence-electron chi connectivity index (χ3n) is 2.60. The zero-order valence-corrected chi connectivity index (χ0v) is 6.43. The van der Waals surface area contributed by atoms with Crippen LogP contribution in [0.25, 0.3) is 0 Å². The summed E-state index contributed by atoms with van der Waals surface area (Å²) in [5.74, 6) is 0. The van der Waals surface area contributed by atoms with Crippen LogP contribution in [-0.2, 0) is 0 Å². The van der Waals surface area contributed by atoms with Crippen LogP contribution in [-0.4, -0.2) is 36.9 Å². The molecule has 0 spiro atoms. The van der Waals surface area contributed by atoms with E-state index < -0.39 is 0 Å². The van der Waals surface area contributed by atoms with Gasteiger partial charge in [-0.2, -0.15) is 0 Å². The van der Waals surface area contributed by atoms with Crippen molar-refractivity contribution in [1.29, 1.82) is 0 Å². The standard InChI is InChI=1S/C7H15N3/c1-2-6-7-3-8-4-10(7)5-9-6/h6-9H,2-5H2,1H3. The van der Waals surface area contributed by atoms with Crippen molar-refractivity contribution < 1.29 is 0 Å². The number of rotatable bonds is 1. The van der Waals surface area contributed by atoms with Crippen molar-refractivity contribution in [2.75, 3.05) is 19.9 Å². The minimum Gasteiger partial charge on any atom is -0.303 e. The Hall–Kier alpha value is -0.120. The van der Waals surface area contributed by atoms with Crippen LogP contribution in [0.15, 0.2) is 0 Å². The van der Waals surface area contributed by atoms with Crippen molar-refractivity contribution in [2.24, 2.45) is 0 Å². The van der Waals surface area contributed by atoms with Crippen molar-refractivity contribution in [3.63, 3.8) is 0 Å². The molecule has 2 unspecified atom stereocenters. The molecule has 2 atom stereocenters. The molecule has 0 radical (unpaired) electrons. The molecule has 2 fully saturated rings. The number of hydrogen-bond donors (Lipinski definition) is 2. The summed E-state index contributed by atoms with van der Waals surface area (Å²) in [6.45, 7) is 5.58. The highest BCUT2D eigenvalue weighted by Gasteiger charge is 2.35. The molecule has 0 aromatic heterocycles. The van der Waals surface area contributed by atoms with Crippen LogP contribution in [0, 0.1) is 0 Å². The summed E-state index contributed by atoms with van der Waals surface area (Å²) in [6, 6.07) is 1.50. The van der Waals surface area contributed by atoms with Crippen LogP contribution in [0.1, 0.15) is 13.3 Å². The van der Waals surface area contributed by atoms with E-state index in [4.69, 9.17) is 0 Å². The first-order valence-electron chi connectivity index (χ1n) is 4.10. The van der Waals surface area contributed by atoms with Crippen LogP contribution in [0.3, 0.4) is 0 Å². The monoisotopic (exact) mass is 141 g/mol. The summed E-state index contributed by atoms with van der Waals surface area (Å²) >= 11 is 0. The smallest absolute Gasteiger partial charge is 0.0499 e. The number of nitrogens with zero attached hydrogens (tertiary/aromatic N) is 1. The number of hydrogen-bond acceptors (Lipinski definition) is 3. The number of nitrogens with one attached hydrogen (secondary N) is 2. The average molecular weight is 141 g/mol. The summed E-state index contributed by atoms with van der Waals surface area (Å²) in [4.78, 5) is 2.47. The lowest BCUT2D eigenvalue weighted by Gasteiger charge is -2.15. The van der Waals surface area contributed by atoms with Crippen LogP contribution in [0.5, 0.6) is 0 Å². The first-order valence-corrected chi connectivity index (χ1v) is 4.10. The fourth-order valence-electron chi connectivity index (χ4n) is 1.96. The van der Waals surface area contributed by atoms with Crippen molar-refractivity contribution in [2.45, 2.75) is 25.4 Å². The minimum atomic E-state index is 0.731. The molecule has 0 aliphatic carbocycles. The van der Waals surface area contributed by atoms with Gasteiger partial charge in [-0.3, -0.25) is 10.2 Å². The van der Waals surface area contributed by atoms with Crippen LogP contribution in [0.2, 0.25) is 0 Å². The minimum absolute atomic E-state index is 0.731. The van der Waals surface area contributed by atoms with E-state index >= 15 is 0 Å². The first-order chi connectivity index (χ1) is 4.92. The van der Waals surface area contributed by atoms with Gasteiger partial charge < -0.3 is 5.32 Å². The molecule has 3 nitrogen and oxygen atoms in total. The molecule has 10 heavy (non-hydrogen) atoms. The molecule has 2 rings (SSSR count). The van der Waals surface area contributed by atoms with Crippen molar-refractivity contribution in [1.82, 2.24) is 15.5 Å². The van der Waals surface area contributed by atoms with Crippen LogP contribution < -0.4 is 10.6 Å². The highest BCUT2D eigenvalue weighted by Crippen LogP contribution is 2.15. The molecule has 2 aliphatic heterocycles. The summed E-state index contributed by atoms with van der Waals surface area (Å²) in [7, 11) is 0. The van der Waals surface area contributed by atoms with Gasteiger partial charge in [0.2, 0.25) is 0 Å². The van der Waals surface area contributed by atoms with Gasteiger partial charge in [0.05, 0.1) is 0 Å². The molecule has 0 amide bonds. The normalized spacial score (nSPS) is 40.5. The van der Waals surface area contributed by atoms with E-state index in [1.807, 2.05) is 0 Å². The highest BCUT2D eigenvalue weighted by atomic mass is 15.4. The van der Waals surface area contributed by atoms with Gasteiger partial charge in [0.25, 0.3) is 0 Å². The maximum Gasteiger partial charge on any atom is 0.0499 e. The van der Waals surface area contributed by atoms with Gasteiger partial charge >= 0.3 is 0 Å². The second-order valence-electron chi connectivity index (χ2n) is 3.15. The second kappa shape index (κ2) is 2.49. The van der Waals surface area contributed by atoms with Gasteiger partial charge in [0, 0.05) is 32.0 Å². The molecule has 0 aromatic rings. The maximum absolute atomic E-state index is 3.49. The Balaban J connectivity index is 2.01. The van der Waals surface area contributed by atoms with Gasteiger partial charge in [0.15, 0.2) is 0 Å². The Kier molecular flexibility index (Phi) is 1.64. The van der Waals surface area contributed by atoms with E-state index in [2.05, 4.69) is 22.5 Å². The molecule has 2 aliphatic rings. The van der Waals surface area contributed by atoms with Crippen molar-refractivity contribution in [3.05, 3.63) is 0 Å². The summed E-state index contributed by atoms with van der Waals surface area (Å²) in [6.07, 6.45) is 1.25. The Morgan fingerprint density at radius 2 is 2.40 bits per heavy atom. The molecule has 0 bridgehead atoms. The molecule has 3 heteroatoms. The zero-order valence-electron chi connectivity index (χ0n) is 6.43. The molecular formula is C7H15N3. The zero-order chi connectivity index (χ0) is 6.97. The van der Waals surface area contributed by atoms with E-state index in [1.54, 1.807) is 0 Å². The van der Waals surface area contributed by atoms with Crippen molar-refractivity contribution in [3.8, 4) is 0 Å². The molecule has 0 saturated carbocycles. The molecule has 2 heterocycles. The van der Waals surface area contributed by atoms with Gasteiger partial charge in [-0.05, 0) is 6.42 Å². The lowest BCUT2D eigenvalue weighted by molar-refractivity contribution is 0.314. The lowest BCUT2D eigenvalue weighted by Crippen LogP contribution is -2.34. The lowest BCUT2D eigenvalue weighted by atomic mass is 10.1. The summed E-state index contributed by atoms with van der Waals surface area (Å²) in [5.41, 5.74) is 0. The topological polar surface area (TPSA) is 27.3 Å². The third kappa shape index (κ3) is 0.856. The van der Waals surface area contributed by atoms with Crippen LogP contribution >= 0.6 is 0 Å². The molecule has 0 aromatic carbocycles. The average Bonchev–Trinajstić information content (AvgIpc) is 2.44. The first kappa shape index (κ1) is 6.58. The van der Waals surface area contributed by atoms with E-state index in [-0.39, 0.29) is 0 Å². The Morgan fingerprint density at radius 3 is 3.20 bits per heavy atom. The Labute approximate surface area is 61.8 Å².